The number of nitrogens with zero attached hydrogens (tertiary/aromatic N) is 1. The van der Waals surface area contributed by atoms with Gasteiger partial charge in [-0.2, -0.15) is 0 Å². The van der Waals surface area contributed by atoms with Crippen molar-refractivity contribution in [3.05, 3.63) is 24.0 Å². The van der Waals surface area contributed by atoms with E-state index in [-0.39, 0.29) is 18.8 Å². The van der Waals surface area contributed by atoms with E-state index in [1.165, 1.54) is 30.2 Å². The van der Waals surface area contributed by atoms with Gasteiger partial charge in [0.05, 0.1) is 7.11 Å². The Bertz CT molecular complexity index is 459. The number of anilines is 1. The van der Waals surface area contributed by atoms with Crippen molar-refractivity contribution in [3.63, 3.8) is 0 Å². The van der Waals surface area contributed by atoms with Crippen LogP contribution in [0, 0.1) is 5.82 Å². The number of benzene rings is 1. The highest BCUT2D eigenvalue weighted by molar-refractivity contribution is 5.94. The first-order valence-electron chi connectivity index (χ1n) is 4.92. The van der Waals surface area contributed by atoms with E-state index in [4.69, 9.17) is 4.74 Å². The van der Waals surface area contributed by atoms with Crippen molar-refractivity contribution in [3.8, 4) is 5.75 Å². The second kappa shape index (κ2) is 4.40. The lowest BCUT2D eigenvalue weighted by Crippen LogP contribution is -2.42. The van der Waals surface area contributed by atoms with Crippen molar-refractivity contribution in [2.24, 2.45) is 0 Å². The molecule has 5 nitrogen and oxygen atoms in total. The van der Waals surface area contributed by atoms with Gasteiger partial charge in [-0.1, -0.05) is 0 Å². The van der Waals surface area contributed by atoms with Crippen molar-refractivity contribution >= 4 is 17.6 Å². The summed E-state index contributed by atoms with van der Waals surface area (Å²) in [5.74, 6) is -1.68. The van der Waals surface area contributed by atoms with Crippen molar-refractivity contribution < 1.29 is 23.5 Å². The lowest BCUT2D eigenvalue weighted by atomic mass is 10.2. The fourth-order valence-electron chi connectivity index (χ4n) is 1.59. The summed E-state index contributed by atoms with van der Waals surface area (Å²) in [7, 11) is 1.35. The molecule has 0 atom stereocenters. The molecule has 1 fully saturated rings. The predicted octanol–water partition coefficient (Wildman–Crippen LogP) is 0.724. The fraction of sp³-hybridized carbons (Fsp3) is 0.273. The minimum Gasteiger partial charge on any atom is -0.494 e. The molecule has 17 heavy (non-hydrogen) atoms. The molecule has 1 saturated heterocycles. The van der Waals surface area contributed by atoms with Gasteiger partial charge in [-0.05, 0) is 12.1 Å². The molecule has 2 rings (SSSR count). The zero-order valence-electron chi connectivity index (χ0n) is 9.10. The third-order valence-corrected chi connectivity index (χ3v) is 2.37. The van der Waals surface area contributed by atoms with E-state index in [1.807, 2.05) is 0 Å². The lowest BCUT2D eigenvalue weighted by molar-refractivity contribution is -0.160. The van der Waals surface area contributed by atoms with Crippen LogP contribution in [0.5, 0.6) is 5.75 Å². The van der Waals surface area contributed by atoms with E-state index in [0.717, 1.165) is 0 Å². The molecular weight excluding hydrogens is 229 g/mol. The first-order chi connectivity index (χ1) is 8.10. The van der Waals surface area contributed by atoms with Crippen molar-refractivity contribution in [1.29, 1.82) is 0 Å². The van der Waals surface area contributed by atoms with Crippen LogP contribution in [-0.4, -0.2) is 32.1 Å². The van der Waals surface area contributed by atoms with E-state index >= 15 is 0 Å². The van der Waals surface area contributed by atoms with Crippen LogP contribution in [0.4, 0.5) is 10.1 Å². The van der Waals surface area contributed by atoms with Crippen molar-refractivity contribution in [2.45, 2.75) is 0 Å². The molecule has 1 aromatic rings. The number of halogens is 1. The third kappa shape index (κ3) is 2.35. The number of esters is 2. The largest absolute Gasteiger partial charge is 0.494 e. The average Bonchev–Trinajstić information content (AvgIpc) is 2.28. The molecule has 0 radical (unpaired) electrons. The molecule has 1 aliphatic rings. The average molecular weight is 239 g/mol. The van der Waals surface area contributed by atoms with E-state index in [0.29, 0.717) is 5.69 Å². The highest BCUT2D eigenvalue weighted by Gasteiger charge is 2.25. The first kappa shape index (κ1) is 11.4. The van der Waals surface area contributed by atoms with Crippen molar-refractivity contribution in [1.82, 2.24) is 0 Å². The number of hydrogen-bond donors (Lipinski definition) is 0. The summed E-state index contributed by atoms with van der Waals surface area (Å²) in [6, 6.07) is 4.13. The summed E-state index contributed by atoms with van der Waals surface area (Å²) in [5.41, 5.74) is 0.535. The number of carbonyl (C=O) groups excluding carboxylic acids is 2. The van der Waals surface area contributed by atoms with Crippen LogP contribution >= 0.6 is 0 Å². The highest BCUT2D eigenvalue weighted by atomic mass is 19.1. The Kier molecular flexibility index (Phi) is 2.95. The summed E-state index contributed by atoms with van der Waals surface area (Å²) < 4.78 is 22.4. The fourth-order valence-corrected chi connectivity index (χ4v) is 1.59. The SMILES string of the molecule is COc1cc(N2CC(=O)OC(=O)C2)ccc1F. The van der Waals surface area contributed by atoms with Gasteiger partial charge in [0.25, 0.3) is 0 Å². The van der Waals surface area contributed by atoms with Gasteiger partial charge in [-0.3, -0.25) is 0 Å². The maximum atomic E-state index is 13.2. The topological polar surface area (TPSA) is 55.8 Å². The van der Waals surface area contributed by atoms with Gasteiger partial charge in [0, 0.05) is 11.8 Å². The van der Waals surface area contributed by atoms with Gasteiger partial charge in [0.15, 0.2) is 11.6 Å². The van der Waals surface area contributed by atoms with Gasteiger partial charge < -0.3 is 14.4 Å². The second-order valence-corrected chi connectivity index (χ2v) is 3.52. The van der Waals surface area contributed by atoms with Crippen LogP contribution in [0.3, 0.4) is 0 Å². The van der Waals surface area contributed by atoms with Gasteiger partial charge in [-0.15, -0.1) is 0 Å². The van der Waals surface area contributed by atoms with E-state index < -0.39 is 17.8 Å². The minimum atomic E-state index is -0.621. The van der Waals surface area contributed by atoms with E-state index in [2.05, 4.69) is 4.74 Å². The highest BCUT2D eigenvalue weighted by Crippen LogP contribution is 2.25. The molecule has 1 heterocycles. The molecule has 0 spiro atoms. The molecule has 0 aliphatic carbocycles. The molecule has 0 bridgehead atoms. The van der Waals surface area contributed by atoms with Crippen LogP contribution in [-0.2, 0) is 14.3 Å². The lowest BCUT2D eigenvalue weighted by Gasteiger charge is -2.26. The Morgan fingerprint density at radius 2 is 1.94 bits per heavy atom. The minimum absolute atomic E-state index is 0.0411. The van der Waals surface area contributed by atoms with Crippen LogP contribution in [0.25, 0.3) is 0 Å². The Morgan fingerprint density at radius 1 is 1.29 bits per heavy atom. The number of morpholine rings is 1. The van der Waals surface area contributed by atoms with Gasteiger partial charge in [-0.25, -0.2) is 14.0 Å². The molecule has 6 heteroatoms. The number of hydrogen-bond acceptors (Lipinski definition) is 5. The first-order valence-corrected chi connectivity index (χ1v) is 4.92. The monoisotopic (exact) mass is 239 g/mol. The molecular formula is C11H10FNO4. The standard InChI is InChI=1S/C11H10FNO4/c1-16-9-4-7(2-3-8(9)12)13-5-10(14)17-11(15)6-13/h2-4H,5-6H2,1H3. The smallest absolute Gasteiger partial charge is 0.333 e. The maximum Gasteiger partial charge on any atom is 0.333 e. The summed E-state index contributed by atoms with van der Waals surface area (Å²) in [6.07, 6.45) is 0. The number of rotatable bonds is 2. The van der Waals surface area contributed by atoms with Crippen LogP contribution < -0.4 is 9.64 Å². The summed E-state index contributed by atoms with van der Waals surface area (Å²) in [6.45, 7) is -0.0823. The van der Waals surface area contributed by atoms with Crippen LogP contribution in [0.1, 0.15) is 0 Å². The molecule has 90 valence electrons. The molecule has 0 amide bonds. The van der Waals surface area contributed by atoms with Gasteiger partial charge in [0.1, 0.15) is 13.1 Å². The Morgan fingerprint density at radius 3 is 2.53 bits per heavy atom. The zero-order valence-corrected chi connectivity index (χ0v) is 9.10. The maximum absolute atomic E-state index is 13.2. The zero-order chi connectivity index (χ0) is 12.4. The number of cyclic esters (lactones) is 2. The third-order valence-electron chi connectivity index (χ3n) is 2.37. The summed E-state index contributed by atoms with van der Waals surface area (Å²) in [4.78, 5) is 23.7. The number of methoxy groups -OCH3 is 1. The quantitative estimate of drug-likeness (QED) is 0.562. The summed E-state index contributed by atoms with van der Waals surface area (Å²) in [5, 5.41) is 0. The van der Waals surface area contributed by atoms with Crippen LogP contribution in [0.2, 0.25) is 0 Å². The van der Waals surface area contributed by atoms with Gasteiger partial charge >= 0.3 is 11.9 Å². The number of ether oxygens (including phenoxy) is 2. The summed E-state index contributed by atoms with van der Waals surface area (Å²) >= 11 is 0. The molecule has 0 N–H and O–H groups in total. The molecule has 0 saturated carbocycles. The molecule has 0 aromatic heterocycles. The Balaban J connectivity index is 2.27. The number of carbonyl (C=O) groups is 2. The molecule has 1 aromatic carbocycles. The normalized spacial score (nSPS) is 15.8. The molecule has 0 unspecified atom stereocenters. The Labute approximate surface area is 96.7 Å². The predicted molar refractivity (Wildman–Crippen MR) is 56.3 cm³/mol. The van der Waals surface area contributed by atoms with Gasteiger partial charge in [0.2, 0.25) is 0 Å². The van der Waals surface area contributed by atoms with Crippen molar-refractivity contribution in [2.75, 3.05) is 25.1 Å². The second-order valence-electron chi connectivity index (χ2n) is 3.52. The molecule has 1 aliphatic heterocycles. The van der Waals surface area contributed by atoms with E-state index in [1.54, 1.807) is 0 Å². The van der Waals surface area contributed by atoms with E-state index in [9.17, 15) is 14.0 Å². The Hall–Kier alpha value is -2.11. The van der Waals surface area contributed by atoms with Crippen LogP contribution in [0.15, 0.2) is 18.2 Å².